The molecule has 0 saturated carbocycles. The van der Waals surface area contributed by atoms with Crippen molar-refractivity contribution in [3.63, 3.8) is 0 Å². The molecule has 0 amide bonds. The molecule has 3 heterocycles. The number of nitrogens with two attached hydrogens (primary N) is 1. The number of benzene rings is 2. The summed E-state index contributed by atoms with van der Waals surface area (Å²) in [6.07, 6.45) is 0. The number of aromatic nitrogens is 2. The number of hydrogen-bond acceptors (Lipinski definition) is 8. The van der Waals surface area contributed by atoms with Gasteiger partial charge in [-0.25, -0.2) is 4.79 Å². The van der Waals surface area contributed by atoms with Crippen LogP contribution in [0.4, 0.5) is 0 Å². The second-order valence-corrected chi connectivity index (χ2v) is 8.36. The molecule has 2 aromatic heterocycles. The van der Waals surface area contributed by atoms with Crippen molar-refractivity contribution in [1.29, 1.82) is 5.26 Å². The first kappa shape index (κ1) is 21.3. The van der Waals surface area contributed by atoms with Gasteiger partial charge in [0.2, 0.25) is 11.8 Å². The van der Waals surface area contributed by atoms with Crippen LogP contribution in [-0.2, 0) is 0 Å². The van der Waals surface area contributed by atoms with E-state index >= 15 is 0 Å². The molecule has 168 valence electrons. The van der Waals surface area contributed by atoms with Crippen LogP contribution in [-0.4, -0.2) is 23.3 Å². The van der Waals surface area contributed by atoms with Crippen molar-refractivity contribution in [2.24, 2.45) is 5.73 Å². The van der Waals surface area contributed by atoms with E-state index in [4.69, 9.17) is 19.9 Å². The number of nitrogens with zero attached hydrogens (tertiary/aromatic N) is 2. The lowest BCUT2D eigenvalue weighted by molar-refractivity contribution is 0.0739. The first-order valence-electron chi connectivity index (χ1n) is 10.2. The van der Waals surface area contributed by atoms with Gasteiger partial charge >= 0.3 is 5.97 Å². The summed E-state index contributed by atoms with van der Waals surface area (Å²) in [5.74, 6) is 0.311. The van der Waals surface area contributed by atoms with Crippen LogP contribution >= 0.6 is 11.3 Å². The molecule has 0 radical (unpaired) electrons. The fourth-order valence-electron chi connectivity index (χ4n) is 3.87. The lowest BCUT2D eigenvalue weighted by Gasteiger charge is -2.24. The van der Waals surface area contributed by atoms with E-state index in [9.17, 15) is 10.1 Å². The molecule has 3 N–H and O–H groups in total. The van der Waals surface area contributed by atoms with Crippen molar-refractivity contribution in [3.05, 3.63) is 93.5 Å². The van der Waals surface area contributed by atoms with Crippen molar-refractivity contribution in [2.45, 2.75) is 5.92 Å². The Bertz CT molecular complexity index is 1430. The molecule has 2 aromatic carbocycles. The summed E-state index contributed by atoms with van der Waals surface area (Å²) >= 11 is 1.30. The Morgan fingerprint density at radius 3 is 2.71 bits per heavy atom. The fourth-order valence-corrected chi connectivity index (χ4v) is 4.46. The molecule has 1 aliphatic rings. The van der Waals surface area contributed by atoms with Gasteiger partial charge in [-0.3, -0.25) is 5.10 Å². The molecule has 0 unspecified atom stereocenters. The summed E-state index contributed by atoms with van der Waals surface area (Å²) in [6, 6.07) is 20.1. The molecule has 5 rings (SSSR count). The van der Waals surface area contributed by atoms with Crippen molar-refractivity contribution >= 4 is 17.3 Å². The molecule has 4 aromatic rings. The Hall–Kier alpha value is -4.55. The first-order chi connectivity index (χ1) is 16.6. The van der Waals surface area contributed by atoms with Gasteiger partial charge in [-0.2, -0.15) is 5.26 Å². The second-order valence-electron chi connectivity index (χ2n) is 7.41. The number of carbonyl (C=O) groups is 1. The van der Waals surface area contributed by atoms with Gasteiger partial charge in [0.1, 0.15) is 28.0 Å². The highest BCUT2D eigenvalue weighted by molar-refractivity contribution is 7.12. The summed E-state index contributed by atoms with van der Waals surface area (Å²) in [4.78, 5) is 12.9. The van der Waals surface area contributed by atoms with Crippen LogP contribution in [0.2, 0.25) is 0 Å². The maximum Gasteiger partial charge on any atom is 0.353 e. The van der Waals surface area contributed by atoms with Gasteiger partial charge in [0.25, 0.3) is 0 Å². The van der Waals surface area contributed by atoms with Crippen LogP contribution in [0.25, 0.3) is 11.3 Å². The van der Waals surface area contributed by atoms with E-state index in [2.05, 4.69) is 16.3 Å². The number of esters is 1. The smallest absolute Gasteiger partial charge is 0.353 e. The van der Waals surface area contributed by atoms with Gasteiger partial charge in [-0.15, -0.1) is 16.4 Å². The molecule has 34 heavy (non-hydrogen) atoms. The Kier molecular flexibility index (Phi) is 5.49. The van der Waals surface area contributed by atoms with Gasteiger partial charge in [-0.05, 0) is 53.4 Å². The summed E-state index contributed by atoms with van der Waals surface area (Å²) in [6.45, 7) is 0. The number of nitrogens with one attached hydrogen (secondary N) is 1. The zero-order chi connectivity index (χ0) is 23.7. The predicted molar refractivity (Wildman–Crippen MR) is 126 cm³/mol. The summed E-state index contributed by atoms with van der Waals surface area (Å²) in [7, 11) is 1.60. The standard InChI is InChI=1S/C25H18N4O4S/c1-31-16-9-7-14(8-10-16)22-21-20(18(13-26)23(27)33-24(21)29-28-22)15-4-2-5-17(12-15)32-25(30)19-6-3-11-34-19/h2-12,20H,27H2,1H3,(H,28,29)/t20-/m1/s1. The maximum absolute atomic E-state index is 12.4. The first-order valence-corrected chi connectivity index (χ1v) is 11.1. The molecule has 1 aliphatic heterocycles. The van der Waals surface area contributed by atoms with E-state index < -0.39 is 11.9 Å². The van der Waals surface area contributed by atoms with Crippen LogP contribution < -0.4 is 19.9 Å². The average Bonchev–Trinajstić information content (AvgIpc) is 3.54. The molecular weight excluding hydrogens is 452 g/mol. The topological polar surface area (TPSA) is 123 Å². The molecule has 0 spiro atoms. The van der Waals surface area contributed by atoms with Crippen LogP contribution in [0.3, 0.4) is 0 Å². The number of allylic oxidation sites excluding steroid dienone is 1. The summed E-state index contributed by atoms with van der Waals surface area (Å²) < 4.78 is 16.5. The Morgan fingerprint density at radius 2 is 2.00 bits per heavy atom. The molecule has 1 atom stereocenters. The molecule has 0 fully saturated rings. The third-order valence-electron chi connectivity index (χ3n) is 5.44. The van der Waals surface area contributed by atoms with E-state index in [-0.39, 0.29) is 17.3 Å². The minimum atomic E-state index is -0.579. The number of rotatable bonds is 5. The molecule has 0 aliphatic carbocycles. The lowest BCUT2D eigenvalue weighted by atomic mass is 9.83. The Morgan fingerprint density at radius 1 is 1.18 bits per heavy atom. The highest BCUT2D eigenvalue weighted by Gasteiger charge is 2.35. The van der Waals surface area contributed by atoms with E-state index in [0.717, 1.165) is 5.56 Å². The number of carbonyl (C=O) groups excluding carboxylic acids is 1. The van der Waals surface area contributed by atoms with Crippen LogP contribution in [0.5, 0.6) is 17.4 Å². The maximum atomic E-state index is 12.4. The number of nitriles is 1. The highest BCUT2D eigenvalue weighted by atomic mass is 32.1. The summed E-state index contributed by atoms with van der Waals surface area (Å²) in [5.41, 5.74) is 9.21. The number of methoxy groups -OCH3 is 1. The molecule has 9 heteroatoms. The Balaban J connectivity index is 1.58. The van der Waals surface area contributed by atoms with Crippen LogP contribution in [0, 0.1) is 11.3 Å². The van der Waals surface area contributed by atoms with Crippen LogP contribution in [0.15, 0.2) is 77.5 Å². The minimum Gasteiger partial charge on any atom is -0.497 e. The van der Waals surface area contributed by atoms with E-state index in [1.54, 1.807) is 37.4 Å². The number of hydrogen-bond donors (Lipinski definition) is 2. The van der Waals surface area contributed by atoms with Gasteiger partial charge in [0.05, 0.1) is 24.3 Å². The third-order valence-corrected chi connectivity index (χ3v) is 6.29. The molecular formula is C25H18N4O4S. The number of ether oxygens (including phenoxy) is 3. The van der Waals surface area contributed by atoms with Crippen molar-refractivity contribution in [1.82, 2.24) is 10.2 Å². The quantitative estimate of drug-likeness (QED) is 0.323. The highest BCUT2D eigenvalue weighted by Crippen LogP contribution is 2.46. The van der Waals surface area contributed by atoms with Crippen molar-refractivity contribution < 1.29 is 19.0 Å². The van der Waals surface area contributed by atoms with Gasteiger partial charge in [-0.1, -0.05) is 18.2 Å². The molecule has 0 saturated heterocycles. The Labute approximate surface area is 198 Å². The number of thiophene rings is 1. The normalized spacial score (nSPS) is 14.6. The summed E-state index contributed by atoms with van der Waals surface area (Å²) in [5, 5.41) is 19.0. The van der Waals surface area contributed by atoms with E-state index in [0.29, 0.717) is 33.2 Å². The SMILES string of the molecule is COc1ccc(-c2[nH]nc3c2[C@H](c2cccc(OC(=O)c4cccs4)c2)C(C#N)=C(N)O3)cc1. The number of aromatic amines is 1. The predicted octanol–water partition coefficient (Wildman–Crippen LogP) is 4.58. The van der Waals surface area contributed by atoms with E-state index in [1.807, 2.05) is 35.7 Å². The monoisotopic (exact) mass is 470 g/mol. The van der Waals surface area contributed by atoms with Gasteiger partial charge in [0, 0.05) is 5.56 Å². The van der Waals surface area contributed by atoms with Crippen molar-refractivity contribution in [3.8, 4) is 34.7 Å². The largest absolute Gasteiger partial charge is 0.497 e. The minimum absolute atomic E-state index is 0.0197. The zero-order valence-electron chi connectivity index (χ0n) is 17.9. The molecule has 8 nitrogen and oxygen atoms in total. The lowest BCUT2D eigenvalue weighted by Crippen LogP contribution is -2.21. The average molecular weight is 471 g/mol. The second kappa shape index (κ2) is 8.77. The zero-order valence-corrected chi connectivity index (χ0v) is 18.8. The fraction of sp³-hybridized carbons (Fsp3) is 0.0800. The van der Waals surface area contributed by atoms with Crippen LogP contribution in [0.1, 0.15) is 26.7 Å². The number of H-pyrrole nitrogens is 1. The van der Waals surface area contributed by atoms with Gasteiger partial charge in [0.15, 0.2) is 0 Å². The number of fused-ring (bicyclic) bond motifs is 1. The van der Waals surface area contributed by atoms with E-state index in [1.165, 1.54) is 11.3 Å². The third kappa shape index (κ3) is 3.76. The van der Waals surface area contributed by atoms with Gasteiger partial charge < -0.3 is 19.9 Å². The van der Waals surface area contributed by atoms with Crippen molar-refractivity contribution in [2.75, 3.05) is 7.11 Å². The molecule has 0 bridgehead atoms.